The second kappa shape index (κ2) is 20.6. The van der Waals surface area contributed by atoms with Crippen molar-refractivity contribution < 1.29 is 9.90 Å². The standard InChI is InChI=1S/C16H36P.C8H16O2/c1-5-9-13-17(14-10-6-2,15-11-7-3)16-12-8-4;1-3-5-6-7(4-2)8(9)10/h5-16H2,1-4H3;7H,3-6H2,1-2H3,(H,9,10)/q+1;/p-1. The van der Waals surface area contributed by atoms with Crippen molar-refractivity contribution in [3.63, 3.8) is 0 Å². The molecule has 0 aliphatic heterocycles. The third kappa shape index (κ3) is 16.5. The number of carbonyl (C=O) groups excluding carboxylic acids is 1. The quantitative estimate of drug-likeness (QED) is 0.242. The Bertz CT molecular complexity index is 280. The fourth-order valence-electron chi connectivity index (χ4n) is 3.58. The third-order valence-corrected chi connectivity index (χ3v) is 10.7. The Kier molecular flexibility index (Phi) is 22.2. The summed E-state index contributed by atoms with van der Waals surface area (Å²) in [5, 5.41) is 10.3. The minimum absolute atomic E-state index is 0.222. The Morgan fingerprint density at radius 3 is 1.22 bits per heavy atom. The van der Waals surface area contributed by atoms with Gasteiger partial charge >= 0.3 is 0 Å². The SMILES string of the molecule is CCCCC(CC)C(=O)[O-].CCCC[P+](CCCC)(CCCC)CCCC. The average molecular weight is 403 g/mol. The molecule has 0 amide bonds. The van der Waals surface area contributed by atoms with Gasteiger partial charge in [-0.25, -0.2) is 0 Å². The van der Waals surface area contributed by atoms with Crippen LogP contribution < -0.4 is 5.11 Å². The molecule has 0 saturated carbocycles. The topological polar surface area (TPSA) is 40.1 Å². The van der Waals surface area contributed by atoms with Crippen LogP contribution in [0.3, 0.4) is 0 Å². The van der Waals surface area contributed by atoms with E-state index in [9.17, 15) is 9.90 Å². The lowest BCUT2D eigenvalue weighted by atomic mass is 10.00. The van der Waals surface area contributed by atoms with Crippen LogP contribution in [0.2, 0.25) is 0 Å². The van der Waals surface area contributed by atoms with Crippen LogP contribution in [0.15, 0.2) is 0 Å². The Hall–Kier alpha value is -0.100. The van der Waals surface area contributed by atoms with E-state index in [0.717, 1.165) is 19.3 Å². The Morgan fingerprint density at radius 1 is 0.667 bits per heavy atom. The molecule has 0 aromatic heterocycles. The summed E-state index contributed by atoms with van der Waals surface area (Å²) in [6.45, 7) is 13.4. The van der Waals surface area contributed by atoms with Crippen molar-refractivity contribution in [1.29, 1.82) is 0 Å². The van der Waals surface area contributed by atoms with E-state index in [1.165, 1.54) is 51.4 Å². The van der Waals surface area contributed by atoms with Gasteiger partial charge in [0.2, 0.25) is 0 Å². The maximum absolute atomic E-state index is 10.3. The zero-order valence-corrected chi connectivity index (χ0v) is 20.5. The van der Waals surface area contributed by atoms with Crippen molar-refractivity contribution in [1.82, 2.24) is 0 Å². The number of unbranched alkanes of at least 4 members (excludes halogenated alkanes) is 5. The molecular formula is C24H51O2P. The largest absolute Gasteiger partial charge is 0.550 e. The number of carboxylic acids is 1. The molecule has 0 fully saturated rings. The molecular weight excluding hydrogens is 351 g/mol. The molecule has 1 unspecified atom stereocenters. The van der Waals surface area contributed by atoms with Crippen LogP contribution in [0.5, 0.6) is 0 Å². The molecule has 0 heterocycles. The van der Waals surface area contributed by atoms with Gasteiger partial charge in [-0.1, -0.05) is 80.1 Å². The zero-order chi connectivity index (χ0) is 21.0. The van der Waals surface area contributed by atoms with Gasteiger partial charge in [-0.15, -0.1) is 0 Å². The predicted octanol–water partition coefficient (Wildman–Crippen LogP) is 7.16. The molecule has 164 valence electrons. The minimum atomic E-state index is -0.893. The molecule has 0 saturated heterocycles. The predicted molar refractivity (Wildman–Crippen MR) is 124 cm³/mol. The van der Waals surface area contributed by atoms with Crippen molar-refractivity contribution in [3.8, 4) is 0 Å². The van der Waals surface area contributed by atoms with E-state index in [0.29, 0.717) is 6.42 Å². The van der Waals surface area contributed by atoms with E-state index in [-0.39, 0.29) is 5.92 Å². The first-order chi connectivity index (χ1) is 13.0. The van der Waals surface area contributed by atoms with E-state index in [1.54, 1.807) is 24.6 Å². The summed E-state index contributed by atoms with van der Waals surface area (Å²) in [4.78, 5) is 10.3. The summed E-state index contributed by atoms with van der Waals surface area (Å²) in [7, 11) is -0.562. The lowest BCUT2D eigenvalue weighted by Crippen LogP contribution is -2.30. The molecule has 0 bridgehead atoms. The summed E-state index contributed by atoms with van der Waals surface area (Å²) in [6, 6.07) is 0. The zero-order valence-electron chi connectivity index (χ0n) is 19.7. The summed E-state index contributed by atoms with van der Waals surface area (Å²) in [6.07, 6.45) is 21.5. The maximum Gasteiger partial charge on any atom is 0.0594 e. The highest BCUT2D eigenvalue weighted by atomic mass is 31.2. The van der Waals surface area contributed by atoms with Gasteiger partial charge in [-0.05, 0) is 44.4 Å². The number of rotatable bonds is 17. The first-order valence-electron chi connectivity index (χ1n) is 12.0. The number of hydrogen-bond donors (Lipinski definition) is 0. The van der Waals surface area contributed by atoms with Crippen LogP contribution >= 0.6 is 7.26 Å². The molecule has 0 radical (unpaired) electrons. The van der Waals surface area contributed by atoms with Gasteiger partial charge < -0.3 is 9.90 Å². The van der Waals surface area contributed by atoms with Crippen molar-refractivity contribution in [3.05, 3.63) is 0 Å². The molecule has 0 N–H and O–H groups in total. The normalized spacial score (nSPS) is 12.4. The van der Waals surface area contributed by atoms with Gasteiger partial charge in [0.15, 0.2) is 0 Å². The Labute approximate surface area is 172 Å². The first kappa shape index (κ1) is 29.1. The van der Waals surface area contributed by atoms with Crippen molar-refractivity contribution in [2.24, 2.45) is 5.92 Å². The van der Waals surface area contributed by atoms with E-state index < -0.39 is 13.2 Å². The van der Waals surface area contributed by atoms with E-state index in [2.05, 4.69) is 34.6 Å². The second-order valence-corrected chi connectivity index (χ2v) is 12.7. The molecule has 0 rings (SSSR count). The monoisotopic (exact) mass is 402 g/mol. The fourth-order valence-corrected chi connectivity index (χ4v) is 8.87. The van der Waals surface area contributed by atoms with E-state index in [1.807, 2.05) is 6.92 Å². The van der Waals surface area contributed by atoms with Gasteiger partial charge in [-0.2, -0.15) is 0 Å². The highest BCUT2D eigenvalue weighted by Crippen LogP contribution is 2.61. The van der Waals surface area contributed by atoms with Gasteiger partial charge in [0.05, 0.1) is 24.6 Å². The maximum atomic E-state index is 10.3. The van der Waals surface area contributed by atoms with E-state index >= 15 is 0 Å². The van der Waals surface area contributed by atoms with Gasteiger partial charge in [0.1, 0.15) is 0 Å². The van der Waals surface area contributed by atoms with Crippen LogP contribution in [0.1, 0.15) is 119 Å². The van der Waals surface area contributed by atoms with Gasteiger partial charge in [0, 0.05) is 13.2 Å². The van der Waals surface area contributed by atoms with Crippen LogP contribution in [-0.2, 0) is 4.79 Å². The van der Waals surface area contributed by atoms with Crippen molar-refractivity contribution in [2.75, 3.05) is 24.6 Å². The van der Waals surface area contributed by atoms with E-state index in [4.69, 9.17) is 0 Å². The molecule has 3 heteroatoms. The van der Waals surface area contributed by atoms with Crippen LogP contribution in [0.25, 0.3) is 0 Å². The summed E-state index contributed by atoms with van der Waals surface area (Å²) in [5.41, 5.74) is 0. The molecule has 0 aliphatic rings. The van der Waals surface area contributed by atoms with Crippen LogP contribution in [-0.4, -0.2) is 30.6 Å². The average Bonchev–Trinajstić information content (AvgIpc) is 2.67. The van der Waals surface area contributed by atoms with Gasteiger partial charge in [0.25, 0.3) is 0 Å². The lowest BCUT2D eigenvalue weighted by molar-refractivity contribution is -0.311. The van der Waals surface area contributed by atoms with Crippen LogP contribution in [0.4, 0.5) is 0 Å². The highest BCUT2D eigenvalue weighted by molar-refractivity contribution is 7.75. The highest BCUT2D eigenvalue weighted by Gasteiger charge is 2.34. The molecule has 1 atom stereocenters. The summed E-state index contributed by atoms with van der Waals surface area (Å²) in [5.74, 6) is -1.11. The summed E-state index contributed by atoms with van der Waals surface area (Å²) >= 11 is 0. The number of aliphatic carboxylic acids is 1. The first-order valence-corrected chi connectivity index (χ1v) is 14.6. The third-order valence-electron chi connectivity index (χ3n) is 5.68. The molecule has 0 aromatic carbocycles. The van der Waals surface area contributed by atoms with Crippen molar-refractivity contribution in [2.45, 2.75) is 119 Å². The van der Waals surface area contributed by atoms with Crippen LogP contribution in [0, 0.1) is 5.92 Å². The molecule has 0 aromatic rings. The lowest BCUT2D eigenvalue weighted by Gasteiger charge is -2.28. The van der Waals surface area contributed by atoms with Crippen molar-refractivity contribution >= 4 is 13.2 Å². The number of hydrogen-bond acceptors (Lipinski definition) is 2. The molecule has 2 nitrogen and oxygen atoms in total. The smallest absolute Gasteiger partial charge is 0.0594 e. The molecule has 27 heavy (non-hydrogen) atoms. The molecule has 0 aliphatic carbocycles. The Morgan fingerprint density at radius 2 is 1.00 bits per heavy atom. The second-order valence-electron chi connectivity index (χ2n) is 8.22. The fraction of sp³-hybridized carbons (Fsp3) is 0.958. The summed E-state index contributed by atoms with van der Waals surface area (Å²) < 4.78 is 0. The van der Waals surface area contributed by atoms with Gasteiger partial charge in [-0.3, -0.25) is 0 Å². The number of carboxylic acid groups (broad SMARTS) is 1. The Balaban J connectivity index is 0. The number of carbonyl (C=O) groups is 1. The molecule has 0 spiro atoms. The minimum Gasteiger partial charge on any atom is -0.550 e.